The van der Waals surface area contributed by atoms with E-state index in [9.17, 15) is 9.59 Å². The first-order valence-electron chi connectivity index (χ1n) is 5.79. The molecule has 17 heavy (non-hydrogen) atoms. The van der Waals surface area contributed by atoms with Crippen molar-refractivity contribution in [2.75, 3.05) is 6.61 Å². The van der Waals surface area contributed by atoms with Gasteiger partial charge in [0.1, 0.15) is 0 Å². The lowest BCUT2D eigenvalue weighted by molar-refractivity contribution is -0.140. The third-order valence-electron chi connectivity index (χ3n) is 3.57. The van der Waals surface area contributed by atoms with Crippen LogP contribution < -0.4 is 5.32 Å². The molecule has 1 amide bonds. The van der Waals surface area contributed by atoms with E-state index in [1.165, 1.54) is 0 Å². The minimum absolute atomic E-state index is 0.0102. The standard InChI is InChI=1S/C12H21NO4/c1-11(2,5-6-14)13-9(15)7-8(10(16)17)12(7,3)4/h7-8,14H,5-6H2,1-4H3,(H,13,15)(H,16,17)/t7-,8+/m1/s1. The van der Waals surface area contributed by atoms with Crippen LogP contribution >= 0.6 is 0 Å². The van der Waals surface area contributed by atoms with Gasteiger partial charge in [0.2, 0.25) is 5.91 Å². The van der Waals surface area contributed by atoms with E-state index in [2.05, 4.69) is 5.32 Å². The van der Waals surface area contributed by atoms with Crippen molar-refractivity contribution >= 4 is 11.9 Å². The Bertz CT molecular complexity index is 335. The van der Waals surface area contributed by atoms with Gasteiger partial charge in [-0.3, -0.25) is 9.59 Å². The predicted molar refractivity (Wildman–Crippen MR) is 62.3 cm³/mol. The molecule has 1 aliphatic rings. The number of aliphatic hydroxyl groups is 1. The van der Waals surface area contributed by atoms with Crippen LogP contribution in [0, 0.1) is 17.3 Å². The summed E-state index contributed by atoms with van der Waals surface area (Å²) < 4.78 is 0. The normalized spacial score (nSPS) is 26.4. The van der Waals surface area contributed by atoms with Crippen molar-refractivity contribution < 1.29 is 19.8 Å². The Morgan fingerprint density at radius 2 is 1.82 bits per heavy atom. The quantitative estimate of drug-likeness (QED) is 0.660. The van der Waals surface area contributed by atoms with Gasteiger partial charge in [-0.1, -0.05) is 13.8 Å². The third-order valence-corrected chi connectivity index (χ3v) is 3.57. The first-order chi connectivity index (χ1) is 7.63. The minimum atomic E-state index is -0.921. The SMILES string of the molecule is CC(C)(CCO)NC(=O)[C@H]1[C@@H](C(=O)O)C1(C)C. The average Bonchev–Trinajstić information content (AvgIpc) is 2.67. The van der Waals surface area contributed by atoms with E-state index in [1.807, 2.05) is 13.8 Å². The van der Waals surface area contributed by atoms with Crippen molar-refractivity contribution in [1.29, 1.82) is 0 Å². The van der Waals surface area contributed by atoms with E-state index in [4.69, 9.17) is 10.2 Å². The lowest BCUT2D eigenvalue weighted by Gasteiger charge is -2.25. The number of aliphatic hydroxyl groups excluding tert-OH is 1. The summed E-state index contributed by atoms with van der Waals surface area (Å²) in [6.45, 7) is 7.19. The molecule has 1 saturated carbocycles. The molecule has 0 heterocycles. The first kappa shape index (κ1) is 14.0. The smallest absolute Gasteiger partial charge is 0.307 e. The maximum Gasteiger partial charge on any atom is 0.307 e. The van der Waals surface area contributed by atoms with Gasteiger partial charge in [-0.05, 0) is 25.7 Å². The summed E-state index contributed by atoms with van der Waals surface area (Å²) in [4.78, 5) is 22.9. The van der Waals surface area contributed by atoms with Gasteiger partial charge in [-0.15, -0.1) is 0 Å². The minimum Gasteiger partial charge on any atom is -0.481 e. The van der Waals surface area contributed by atoms with Crippen molar-refractivity contribution in [2.45, 2.75) is 39.7 Å². The largest absolute Gasteiger partial charge is 0.481 e. The Balaban J connectivity index is 2.65. The molecule has 0 spiro atoms. The van der Waals surface area contributed by atoms with E-state index >= 15 is 0 Å². The molecule has 0 bridgehead atoms. The summed E-state index contributed by atoms with van der Waals surface area (Å²) in [6, 6.07) is 0. The van der Waals surface area contributed by atoms with Gasteiger partial charge < -0.3 is 15.5 Å². The van der Waals surface area contributed by atoms with Crippen LogP contribution in [0.5, 0.6) is 0 Å². The summed E-state index contributed by atoms with van der Waals surface area (Å²) in [6.07, 6.45) is 0.448. The number of amides is 1. The number of hydrogen-bond acceptors (Lipinski definition) is 3. The monoisotopic (exact) mass is 243 g/mol. The Kier molecular flexibility index (Phi) is 3.52. The molecule has 0 aliphatic heterocycles. The van der Waals surface area contributed by atoms with Crippen LogP contribution in [0.25, 0.3) is 0 Å². The van der Waals surface area contributed by atoms with Crippen LogP contribution in [0.3, 0.4) is 0 Å². The molecule has 1 aliphatic carbocycles. The molecule has 5 heteroatoms. The molecule has 0 radical (unpaired) electrons. The number of carboxylic acid groups (broad SMARTS) is 1. The van der Waals surface area contributed by atoms with Crippen molar-refractivity contribution in [3.05, 3.63) is 0 Å². The second-order valence-corrected chi connectivity index (χ2v) is 5.96. The Labute approximate surface area is 101 Å². The van der Waals surface area contributed by atoms with Gasteiger partial charge in [0, 0.05) is 12.1 Å². The van der Waals surface area contributed by atoms with E-state index in [0.717, 1.165) is 0 Å². The van der Waals surface area contributed by atoms with Gasteiger partial charge in [0.25, 0.3) is 0 Å². The van der Waals surface area contributed by atoms with Crippen LogP contribution in [-0.2, 0) is 9.59 Å². The molecular formula is C12H21NO4. The summed E-state index contributed by atoms with van der Waals surface area (Å²) in [5.74, 6) is -2.23. The fourth-order valence-corrected chi connectivity index (χ4v) is 2.34. The predicted octanol–water partition coefficient (Wildman–Crippen LogP) is 0.620. The Hall–Kier alpha value is -1.10. The number of nitrogens with one attached hydrogen (secondary N) is 1. The highest BCUT2D eigenvalue weighted by molar-refractivity contribution is 5.91. The molecule has 0 aromatic carbocycles. The van der Waals surface area contributed by atoms with Crippen LogP contribution in [-0.4, -0.2) is 34.2 Å². The van der Waals surface area contributed by atoms with E-state index in [0.29, 0.717) is 6.42 Å². The molecule has 5 nitrogen and oxygen atoms in total. The van der Waals surface area contributed by atoms with Gasteiger partial charge in [-0.2, -0.15) is 0 Å². The second kappa shape index (κ2) is 4.29. The van der Waals surface area contributed by atoms with Gasteiger partial charge in [0.15, 0.2) is 0 Å². The maximum absolute atomic E-state index is 12.0. The van der Waals surface area contributed by atoms with Gasteiger partial charge in [0.05, 0.1) is 11.8 Å². The highest BCUT2D eigenvalue weighted by Gasteiger charge is 2.66. The molecule has 0 unspecified atom stereocenters. The Morgan fingerprint density at radius 1 is 1.29 bits per heavy atom. The fraction of sp³-hybridized carbons (Fsp3) is 0.833. The van der Waals surface area contributed by atoms with E-state index in [1.54, 1.807) is 13.8 Å². The number of hydrogen-bond donors (Lipinski definition) is 3. The molecule has 1 fully saturated rings. The van der Waals surface area contributed by atoms with Crippen molar-refractivity contribution in [2.24, 2.45) is 17.3 Å². The summed E-state index contributed by atoms with van der Waals surface area (Å²) in [5, 5.41) is 20.7. The zero-order chi connectivity index (χ0) is 13.4. The summed E-state index contributed by atoms with van der Waals surface area (Å²) >= 11 is 0. The summed E-state index contributed by atoms with van der Waals surface area (Å²) in [7, 11) is 0. The molecule has 1 rings (SSSR count). The van der Waals surface area contributed by atoms with Crippen LogP contribution in [0.2, 0.25) is 0 Å². The van der Waals surface area contributed by atoms with Gasteiger partial charge in [-0.25, -0.2) is 0 Å². The first-order valence-corrected chi connectivity index (χ1v) is 5.79. The zero-order valence-electron chi connectivity index (χ0n) is 10.8. The fourth-order valence-electron chi connectivity index (χ4n) is 2.34. The molecule has 98 valence electrons. The second-order valence-electron chi connectivity index (χ2n) is 5.96. The van der Waals surface area contributed by atoms with E-state index < -0.39 is 28.8 Å². The molecule has 0 saturated heterocycles. The van der Waals surface area contributed by atoms with Crippen LogP contribution in [0.15, 0.2) is 0 Å². The maximum atomic E-state index is 12.0. The summed E-state index contributed by atoms with van der Waals surface area (Å²) in [5.41, 5.74) is -0.987. The van der Waals surface area contributed by atoms with Crippen molar-refractivity contribution in [3.8, 4) is 0 Å². The highest BCUT2D eigenvalue weighted by Crippen LogP contribution is 2.58. The zero-order valence-corrected chi connectivity index (χ0v) is 10.8. The highest BCUT2D eigenvalue weighted by atomic mass is 16.4. The van der Waals surface area contributed by atoms with E-state index in [-0.39, 0.29) is 12.5 Å². The third kappa shape index (κ3) is 2.77. The molecule has 0 aromatic heterocycles. The van der Waals surface area contributed by atoms with Crippen molar-refractivity contribution in [3.63, 3.8) is 0 Å². The number of carboxylic acids is 1. The average molecular weight is 243 g/mol. The van der Waals surface area contributed by atoms with Gasteiger partial charge >= 0.3 is 5.97 Å². The van der Waals surface area contributed by atoms with Crippen LogP contribution in [0.1, 0.15) is 34.1 Å². The Morgan fingerprint density at radius 3 is 2.18 bits per heavy atom. The van der Waals surface area contributed by atoms with Crippen molar-refractivity contribution in [1.82, 2.24) is 5.32 Å². The molecule has 2 atom stereocenters. The number of aliphatic carboxylic acids is 1. The molecule has 3 N–H and O–H groups in total. The topological polar surface area (TPSA) is 86.6 Å². The number of rotatable bonds is 5. The number of carbonyl (C=O) groups is 2. The lowest BCUT2D eigenvalue weighted by atomic mass is 10.0. The molecular weight excluding hydrogens is 222 g/mol. The molecule has 0 aromatic rings. The lowest BCUT2D eigenvalue weighted by Crippen LogP contribution is -2.45. The van der Waals surface area contributed by atoms with Crippen LogP contribution in [0.4, 0.5) is 0 Å². The number of carbonyl (C=O) groups excluding carboxylic acids is 1.